The van der Waals surface area contributed by atoms with Crippen LogP contribution >= 0.6 is 39.0 Å². The van der Waals surface area contributed by atoms with Crippen molar-refractivity contribution in [3.63, 3.8) is 0 Å². The zero-order chi connectivity index (χ0) is 16.8. The van der Waals surface area contributed by atoms with Gasteiger partial charge in [-0.25, -0.2) is 4.39 Å². The molecule has 0 unspecified atom stereocenters. The highest BCUT2D eigenvalue weighted by molar-refractivity contribution is 9.10. The molecule has 0 saturated carbocycles. The minimum absolute atomic E-state index is 0.315. The van der Waals surface area contributed by atoms with Crippen molar-refractivity contribution in [2.24, 2.45) is 0 Å². The van der Waals surface area contributed by atoms with Crippen molar-refractivity contribution in [2.45, 2.75) is 4.34 Å². The van der Waals surface area contributed by atoms with Gasteiger partial charge in [-0.3, -0.25) is 0 Å². The monoisotopic (exact) mass is 425 g/mol. The van der Waals surface area contributed by atoms with Crippen molar-refractivity contribution < 1.29 is 9.13 Å². The summed E-state index contributed by atoms with van der Waals surface area (Å²) in [6.07, 6.45) is 0. The molecule has 0 amide bonds. The average molecular weight is 426 g/mol. The number of ether oxygens (including phenoxy) is 1. The maximum absolute atomic E-state index is 13.6. The Labute approximate surface area is 155 Å². The van der Waals surface area contributed by atoms with E-state index in [9.17, 15) is 4.39 Å². The standard InChI is InChI=1S/C16H13BrFN3OS2/c17-11-5-7-12(8-6-11)22-9-10-23-16-21-20-15(24-16)19-14-4-2-1-3-13(14)18/h1-8H,9-10H2,(H,19,20). The minimum Gasteiger partial charge on any atom is -0.493 e. The summed E-state index contributed by atoms with van der Waals surface area (Å²) in [5.74, 6) is 1.27. The molecule has 1 aromatic heterocycles. The van der Waals surface area contributed by atoms with E-state index in [0.717, 1.165) is 20.3 Å². The molecule has 0 bridgehead atoms. The first kappa shape index (κ1) is 17.2. The Morgan fingerprint density at radius 3 is 2.71 bits per heavy atom. The fourth-order valence-electron chi connectivity index (χ4n) is 1.82. The first-order chi connectivity index (χ1) is 11.7. The van der Waals surface area contributed by atoms with Gasteiger partial charge in [-0.1, -0.05) is 51.2 Å². The van der Waals surface area contributed by atoms with Crippen LogP contribution in [0.3, 0.4) is 0 Å². The second-order valence-corrected chi connectivity index (χ2v) is 7.86. The summed E-state index contributed by atoms with van der Waals surface area (Å²) in [6.45, 7) is 0.571. The van der Waals surface area contributed by atoms with Crippen LogP contribution in [-0.2, 0) is 0 Å². The lowest BCUT2D eigenvalue weighted by Crippen LogP contribution is -1.99. The molecule has 0 aliphatic carbocycles. The molecule has 0 radical (unpaired) electrons. The summed E-state index contributed by atoms with van der Waals surface area (Å²) in [5, 5.41) is 11.6. The SMILES string of the molecule is Fc1ccccc1Nc1nnc(SCCOc2ccc(Br)cc2)s1. The summed E-state index contributed by atoms with van der Waals surface area (Å²) < 4.78 is 21.1. The maximum atomic E-state index is 13.6. The lowest BCUT2D eigenvalue weighted by Gasteiger charge is -2.04. The number of aromatic nitrogens is 2. The van der Waals surface area contributed by atoms with Crippen LogP contribution in [0, 0.1) is 5.82 Å². The summed E-state index contributed by atoms with van der Waals surface area (Å²) >= 11 is 6.33. The van der Waals surface area contributed by atoms with Crippen LogP contribution in [-0.4, -0.2) is 22.6 Å². The molecule has 1 heterocycles. The number of hydrogen-bond acceptors (Lipinski definition) is 6. The number of hydrogen-bond donors (Lipinski definition) is 1. The van der Waals surface area contributed by atoms with E-state index < -0.39 is 0 Å². The number of rotatable bonds is 7. The molecule has 1 N–H and O–H groups in total. The van der Waals surface area contributed by atoms with Gasteiger partial charge >= 0.3 is 0 Å². The quantitative estimate of drug-likeness (QED) is 0.408. The van der Waals surface area contributed by atoms with Gasteiger partial charge in [0.05, 0.1) is 12.3 Å². The third-order valence-electron chi connectivity index (χ3n) is 2.91. The Kier molecular flexibility index (Phi) is 6.06. The fourth-order valence-corrected chi connectivity index (χ4v) is 3.73. The summed E-state index contributed by atoms with van der Waals surface area (Å²) in [4.78, 5) is 0. The van der Waals surface area contributed by atoms with Gasteiger partial charge in [-0.15, -0.1) is 10.2 Å². The minimum atomic E-state index is -0.315. The van der Waals surface area contributed by atoms with Gasteiger partial charge in [0, 0.05) is 10.2 Å². The van der Waals surface area contributed by atoms with E-state index in [4.69, 9.17) is 4.74 Å². The molecule has 0 spiro atoms. The molecule has 3 rings (SSSR count). The van der Waals surface area contributed by atoms with E-state index >= 15 is 0 Å². The van der Waals surface area contributed by atoms with E-state index in [0.29, 0.717) is 17.4 Å². The van der Waals surface area contributed by atoms with Gasteiger partial charge in [0.2, 0.25) is 5.13 Å². The van der Waals surface area contributed by atoms with Crippen LogP contribution < -0.4 is 10.1 Å². The fraction of sp³-hybridized carbons (Fsp3) is 0.125. The zero-order valence-electron chi connectivity index (χ0n) is 12.4. The predicted molar refractivity (Wildman–Crippen MR) is 100.0 cm³/mol. The van der Waals surface area contributed by atoms with Gasteiger partial charge in [0.15, 0.2) is 4.34 Å². The largest absolute Gasteiger partial charge is 0.493 e. The van der Waals surface area contributed by atoms with Gasteiger partial charge in [-0.05, 0) is 36.4 Å². The predicted octanol–water partition coefficient (Wildman–Crippen LogP) is 5.35. The molecule has 0 aliphatic heterocycles. The van der Waals surface area contributed by atoms with Crippen LogP contribution in [0.25, 0.3) is 0 Å². The van der Waals surface area contributed by atoms with Crippen molar-refractivity contribution in [2.75, 3.05) is 17.7 Å². The number of benzene rings is 2. The molecule has 24 heavy (non-hydrogen) atoms. The molecule has 0 fully saturated rings. The van der Waals surface area contributed by atoms with E-state index in [-0.39, 0.29) is 5.82 Å². The Morgan fingerprint density at radius 2 is 1.92 bits per heavy atom. The van der Waals surface area contributed by atoms with Gasteiger partial charge in [-0.2, -0.15) is 0 Å². The smallest absolute Gasteiger partial charge is 0.210 e. The highest BCUT2D eigenvalue weighted by atomic mass is 79.9. The number of para-hydroxylation sites is 1. The Hall–Kier alpha value is -1.64. The normalized spacial score (nSPS) is 10.6. The first-order valence-electron chi connectivity index (χ1n) is 7.07. The summed E-state index contributed by atoms with van der Waals surface area (Å²) in [5.41, 5.74) is 0.392. The van der Waals surface area contributed by atoms with E-state index in [1.54, 1.807) is 30.0 Å². The lowest BCUT2D eigenvalue weighted by molar-refractivity contribution is 0.344. The molecule has 3 aromatic rings. The molecule has 0 atom stereocenters. The van der Waals surface area contributed by atoms with Gasteiger partial charge < -0.3 is 10.1 Å². The third kappa shape index (κ3) is 4.93. The van der Waals surface area contributed by atoms with Crippen molar-refractivity contribution in [3.8, 4) is 5.75 Å². The van der Waals surface area contributed by atoms with Crippen LogP contribution in [0.15, 0.2) is 57.3 Å². The highest BCUT2D eigenvalue weighted by Crippen LogP contribution is 2.28. The Bertz CT molecular complexity index is 798. The lowest BCUT2D eigenvalue weighted by atomic mass is 10.3. The maximum Gasteiger partial charge on any atom is 0.210 e. The van der Waals surface area contributed by atoms with Crippen LogP contribution in [0.4, 0.5) is 15.2 Å². The van der Waals surface area contributed by atoms with Crippen LogP contribution in [0.1, 0.15) is 0 Å². The molecule has 0 aliphatic rings. The topological polar surface area (TPSA) is 47.0 Å². The number of thioether (sulfide) groups is 1. The van der Waals surface area contributed by atoms with Crippen LogP contribution in [0.2, 0.25) is 0 Å². The van der Waals surface area contributed by atoms with E-state index in [2.05, 4.69) is 31.4 Å². The van der Waals surface area contributed by atoms with Crippen molar-refractivity contribution in [1.82, 2.24) is 10.2 Å². The van der Waals surface area contributed by atoms with E-state index in [1.165, 1.54) is 17.4 Å². The number of nitrogens with one attached hydrogen (secondary N) is 1. The third-order valence-corrected chi connectivity index (χ3v) is 5.38. The molecule has 2 aromatic carbocycles. The van der Waals surface area contributed by atoms with Crippen molar-refractivity contribution >= 4 is 49.8 Å². The molecule has 8 heteroatoms. The number of anilines is 2. The average Bonchev–Trinajstić information content (AvgIpc) is 3.03. The summed E-state index contributed by atoms with van der Waals surface area (Å²) in [6, 6.07) is 14.2. The number of halogens is 2. The second-order valence-electron chi connectivity index (χ2n) is 4.63. The van der Waals surface area contributed by atoms with Crippen LogP contribution in [0.5, 0.6) is 5.75 Å². The van der Waals surface area contributed by atoms with Gasteiger partial charge in [0.25, 0.3) is 0 Å². The Balaban J connectivity index is 1.46. The van der Waals surface area contributed by atoms with Gasteiger partial charge in [0.1, 0.15) is 11.6 Å². The zero-order valence-corrected chi connectivity index (χ0v) is 15.6. The number of nitrogens with zero attached hydrogens (tertiary/aromatic N) is 2. The molecule has 124 valence electrons. The second kappa shape index (κ2) is 8.46. The van der Waals surface area contributed by atoms with Crippen molar-refractivity contribution in [1.29, 1.82) is 0 Å². The molecular formula is C16H13BrFN3OS2. The van der Waals surface area contributed by atoms with E-state index in [1.807, 2.05) is 24.3 Å². The Morgan fingerprint density at radius 1 is 1.12 bits per heavy atom. The highest BCUT2D eigenvalue weighted by Gasteiger charge is 2.07. The molecular weight excluding hydrogens is 413 g/mol. The van der Waals surface area contributed by atoms with Crippen molar-refractivity contribution in [3.05, 3.63) is 58.8 Å². The molecule has 4 nitrogen and oxygen atoms in total. The summed E-state index contributed by atoms with van der Waals surface area (Å²) in [7, 11) is 0. The first-order valence-corrected chi connectivity index (χ1v) is 9.66. The molecule has 0 saturated heterocycles.